The second-order valence-corrected chi connectivity index (χ2v) is 6.35. The Labute approximate surface area is 133 Å². The average molecular weight is 347 g/mol. The van der Waals surface area contributed by atoms with E-state index in [9.17, 15) is 8.42 Å². The molecule has 0 aromatic heterocycles. The number of halogens is 2. The van der Waals surface area contributed by atoms with E-state index in [4.69, 9.17) is 32.1 Å². The highest BCUT2D eigenvalue weighted by Gasteiger charge is 2.20. The molecular formula is C14H12Cl2O4S. The van der Waals surface area contributed by atoms with Gasteiger partial charge in [-0.3, -0.25) is 0 Å². The van der Waals surface area contributed by atoms with Gasteiger partial charge in [-0.25, -0.2) is 0 Å². The van der Waals surface area contributed by atoms with Crippen LogP contribution in [0.25, 0.3) is 0 Å². The molecule has 21 heavy (non-hydrogen) atoms. The molecule has 0 saturated carbocycles. The zero-order chi connectivity index (χ0) is 15.5. The van der Waals surface area contributed by atoms with Crippen LogP contribution in [0.1, 0.15) is 6.92 Å². The van der Waals surface area contributed by atoms with Gasteiger partial charge in [0.2, 0.25) is 0 Å². The van der Waals surface area contributed by atoms with Gasteiger partial charge in [0.15, 0.2) is 11.5 Å². The molecule has 0 radical (unpaired) electrons. The van der Waals surface area contributed by atoms with Crippen molar-refractivity contribution in [2.45, 2.75) is 11.8 Å². The Balaban J connectivity index is 2.35. The maximum atomic E-state index is 12.2. The third-order valence-electron chi connectivity index (χ3n) is 2.53. The zero-order valence-electron chi connectivity index (χ0n) is 11.0. The molecule has 0 aliphatic carbocycles. The van der Waals surface area contributed by atoms with E-state index in [0.29, 0.717) is 12.4 Å². The van der Waals surface area contributed by atoms with Gasteiger partial charge in [0.25, 0.3) is 0 Å². The van der Waals surface area contributed by atoms with Crippen molar-refractivity contribution < 1.29 is 17.3 Å². The van der Waals surface area contributed by atoms with Crippen molar-refractivity contribution in [2.24, 2.45) is 0 Å². The molecule has 0 heterocycles. The summed E-state index contributed by atoms with van der Waals surface area (Å²) in [5, 5.41) is 0.407. The predicted molar refractivity (Wildman–Crippen MR) is 81.9 cm³/mol. The van der Waals surface area contributed by atoms with Gasteiger partial charge in [-0.1, -0.05) is 35.3 Å². The van der Waals surface area contributed by atoms with Gasteiger partial charge in [-0.05, 0) is 37.3 Å². The molecule has 0 N–H and O–H groups in total. The van der Waals surface area contributed by atoms with E-state index in [2.05, 4.69) is 0 Å². The van der Waals surface area contributed by atoms with Crippen LogP contribution >= 0.6 is 23.2 Å². The van der Waals surface area contributed by atoms with Crippen molar-refractivity contribution in [1.29, 1.82) is 0 Å². The lowest BCUT2D eigenvalue weighted by Crippen LogP contribution is -2.10. The largest absolute Gasteiger partial charge is 0.490 e. The van der Waals surface area contributed by atoms with Gasteiger partial charge < -0.3 is 8.92 Å². The molecule has 112 valence electrons. The van der Waals surface area contributed by atoms with E-state index in [1.54, 1.807) is 25.1 Å². The first kappa shape index (κ1) is 15.9. The van der Waals surface area contributed by atoms with E-state index < -0.39 is 10.1 Å². The summed E-state index contributed by atoms with van der Waals surface area (Å²) in [6.45, 7) is 2.19. The standard InChI is InChI=1S/C14H12Cl2O4S/c1-2-19-13-5-3-4-6-14(13)20-21(17,18)10-7-8-11(15)12(16)9-10/h3-9H,2H2,1H3. The molecule has 0 bridgehead atoms. The van der Waals surface area contributed by atoms with Crippen molar-refractivity contribution in [1.82, 2.24) is 0 Å². The van der Waals surface area contributed by atoms with Crippen molar-refractivity contribution in [3.63, 3.8) is 0 Å². The summed E-state index contributed by atoms with van der Waals surface area (Å²) < 4.78 is 34.9. The Morgan fingerprint density at radius 1 is 1.00 bits per heavy atom. The Hall–Kier alpha value is -1.43. The zero-order valence-corrected chi connectivity index (χ0v) is 13.4. The molecule has 2 aromatic carbocycles. The number of hydrogen-bond donors (Lipinski definition) is 0. The van der Waals surface area contributed by atoms with Gasteiger partial charge in [0, 0.05) is 0 Å². The van der Waals surface area contributed by atoms with E-state index in [1.807, 2.05) is 0 Å². The smallest absolute Gasteiger partial charge is 0.339 e. The molecule has 4 nitrogen and oxygen atoms in total. The number of ether oxygens (including phenoxy) is 1. The van der Waals surface area contributed by atoms with Crippen molar-refractivity contribution >= 4 is 33.3 Å². The first-order chi connectivity index (χ1) is 9.94. The van der Waals surface area contributed by atoms with Gasteiger partial charge >= 0.3 is 10.1 Å². The van der Waals surface area contributed by atoms with E-state index in [-0.39, 0.29) is 20.7 Å². The molecule has 2 aromatic rings. The lowest BCUT2D eigenvalue weighted by Gasteiger charge is -2.11. The lowest BCUT2D eigenvalue weighted by molar-refractivity contribution is 0.327. The quantitative estimate of drug-likeness (QED) is 0.762. The van der Waals surface area contributed by atoms with Crippen LogP contribution in [0.5, 0.6) is 11.5 Å². The molecule has 2 rings (SSSR count). The Kier molecular flexibility index (Phi) is 4.98. The highest BCUT2D eigenvalue weighted by Crippen LogP contribution is 2.31. The van der Waals surface area contributed by atoms with Crippen LogP contribution < -0.4 is 8.92 Å². The molecule has 0 aliphatic heterocycles. The Bertz CT molecular complexity index is 744. The van der Waals surface area contributed by atoms with Gasteiger partial charge in [-0.15, -0.1) is 0 Å². The fourth-order valence-corrected chi connectivity index (χ4v) is 2.92. The van der Waals surface area contributed by atoms with Crippen molar-refractivity contribution in [3.05, 3.63) is 52.5 Å². The summed E-state index contributed by atoms with van der Waals surface area (Å²) >= 11 is 11.6. The molecule has 0 unspecified atom stereocenters. The fraction of sp³-hybridized carbons (Fsp3) is 0.143. The SMILES string of the molecule is CCOc1ccccc1OS(=O)(=O)c1ccc(Cl)c(Cl)c1. The molecule has 0 amide bonds. The summed E-state index contributed by atoms with van der Waals surface area (Å²) in [7, 11) is -4.02. The summed E-state index contributed by atoms with van der Waals surface area (Å²) in [6.07, 6.45) is 0. The number of benzene rings is 2. The van der Waals surface area contributed by atoms with Gasteiger partial charge in [-0.2, -0.15) is 8.42 Å². The van der Waals surface area contributed by atoms with Crippen LogP contribution in [-0.4, -0.2) is 15.0 Å². The van der Waals surface area contributed by atoms with Crippen LogP contribution in [0.2, 0.25) is 10.0 Å². The Morgan fingerprint density at radius 2 is 1.67 bits per heavy atom. The number of rotatable bonds is 5. The minimum Gasteiger partial charge on any atom is -0.490 e. The third kappa shape index (κ3) is 3.81. The van der Waals surface area contributed by atoms with E-state index in [0.717, 1.165) is 0 Å². The predicted octanol–water partition coefficient (Wildman–Crippen LogP) is 4.16. The molecule has 0 saturated heterocycles. The summed E-state index contributed by atoms with van der Waals surface area (Å²) in [6, 6.07) is 10.5. The second kappa shape index (κ2) is 6.56. The van der Waals surface area contributed by atoms with E-state index >= 15 is 0 Å². The highest BCUT2D eigenvalue weighted by atomic mass is 35.5. The lowest BCUT2D eigenvalue weighted by atomic mass is 10.3. The highest BCUT2D eigenvalue weighted by molar-refractivity contribution is 7.87. The maximum Gasteiger partial charge on any atom is 0.339 e. The van der Waals surface area contributed by atoms with Crippen LogP contribution in [0.15, 0.2) is 47.4 Å². The van der Waals surface area contributed by atoms with Crippen LogP contribution in [0.3, 0.4) is 0 Å². The van der Waals surface area contributed by atoms with Crippen molar-refractivity contribution in [2.75, 3.05) is 6.61 Å². The van der Waals surface area contributed by atoms with Crippen LogP contribution in [0.4, 0.5) is 0 Å². The average Bonchev–Trinajstić information content (AvgIpc) is 2.44. The van der Waals surface area contributed by atoms with Crippen molar-refractivity contribution in [3.8, 4) is 11.5 Å². The topological polar surface area (TPSA) is 52.6 Å². The number of hydrogen-bond acceptors (Lipinski definition) is 4. The second-order valence-electron chi connectivity index (χ2n) is 3.99. The van der Waals surface area contributed by atoms with E-state index in [1.165, 1.54) is 24.3 Å². The fourth-order valence-electron chi connectivity index (χ4n) is 1.59. The number of para-hydroxylation sites is 2. The third-order valence-corrected chi connectivity index (χ3v) is 4.50. The normalized spacial score (nSPS) is 11.2. The minimum atomic E-state index is -4.02. The summed E-state index contributed by atoms with van der Waals surface area (Å²) in [5.41, 5.74) is 0. The summed E-state index contributed by atoms with van der Waals surface area (Å²) in [4.78, 5) is -0.0804. The molecule has 0 aliphatic rings. The van der Waals surface area contributed by atoms with Crippen LogP contribution in [-0.2, 0) is 10.1 Å². The minimum absolute atomic E-state index is 0.0804. The molecular weight excluding hydrogens is 335 g/mol. The maximum absolute atomic E-state index is 12.2. The first-order valence-corrected chi connectivity index (χ1v) is 8.22. The molecule has 7 heteroatoms. The monoisotopic (exact) mass is 346 g/mol. The molecule has 0 spiro atoms. The first-order valence-electron chi connectivity index (χ1n) is 6.05. The van der Waals surface area contributed by atoms with Gasteiger partial charge in [0.05, 0.1) is 16.7 Å². The summed E-state index contributed by atoms with van der Waals surface area (Å²) in [5.74, 6) is 0.467. The molecule has 0 atom stereocenters. The van der Waals surface area contributed by atoms with Crippen LogP contribution in [0, 0.1) is 0 Å². The Morgan fingerprint density at radius 3 is 2.29 bits per heavy atom. The molecule has 0 fully saturated rings. The van der Waals surface area contributed by atoms with Gasteiger partial charge in [0.1, 0.15) is 4.90 Å².